The Balaban J connectivity index is 2.18. The van der Waals surface area contributed by atoms with Crippen LogP contribution in [-0.2, 0) is 0 Å². The second-order valence-corrected chi connectivity index (χ2v) is 8.88. The standard InChI is InChI=1S/C25H28FNO2/c1-15(17-8-7-9-18(26)11-17)10-23-21-13-24(29)19(16(2)28)12-20(21)22(14-27(23)6)25(3,4)5/h7-13,22,29H,1,14H2,2-6H3/b23-10-/t22-/m1/s1. The smallest absolute Gasteiger partial charge is 0.163 e. The zero-order chi connectivity index (χ0) is 21.5. The molecule has 0 fully saturated rings. The summed E-state index contributed by atoms with van der Waals surface area (Å²) in [5, 5.41) is 10.5. The number of ketones is 1. The van der Waals surface area contributed by atoms with Crippen molar-refractivity contribution in [3.8, 4) is 5.75 Å². The summed E-state index contributed by atoms with van der Waals surface area (Å²) in [6, 6.07) is 9.84. The highest BCUT2D eigenvalue weighted by Crippen LogP contribution is 2.46. The molecule has 0 aliphatic carbocycles. The largest absolute Gasteiger partial charge is 0.507 e. The monoisotopic (exact) mass is 393 g/mol. The van der Waals surface area contributed by atoms with Gasteiger partial charge in [0, 0.05) is 30.8 Å². The van der Waals surface area contributed by atoms with Gasteiger partial charge in [-0.2, -0.15) is 0 Å². The summed E-state index contributed by atoms with van der Waals surface area (Å²) in [4.78, 5) is 14.1. The zero-order valence-electron chi connectivity index (χ0n) is 17.7. The lowest BCUT2D eigenvalue weighted by molar-refractivity contribution is 0.101. The third-order valence-corrected chi connectivity index (χ3v) is 5.62. The van der Waals surface area contributed by atoms with Gasteiger partial charge in [0.05, 0.1) is 5.56 Å². The van der Waals surface area contributed by atoms with Crippen LogP contribution in [0.5, 0.6) is 5.75 Å². The van der Waals surface area contributed by atoms with Gasteiger partial charge >= 0.3 is 0 Å². The third-order valence-electron chi connectivity index (χ3n) is 5.62. The molecule has 2 aromatic carbocycles. The molecule has 29 heavy (non-hydrogen) atoms. The fraction of sp³-hybridized carbons (Fsp3) is 0.320. The van der Waals surface area contributed by atoms with Gasteiger partial charge in [-0.3, -0.25) is 4.79 Å². The summed E-state index contributed by atoms with van der Waals surface area (Å²) < 4.78 is 13.6. The van der Waals surface area contributed by atoms with Gasteiger partial charge in [-0.25, -0.2) is 4.39 Å². The van der Waals surface area contributed by atoms with E-state index in [-0.39, 0.29) is 28.7 Å². The first kappa shape index (κ1) is 20.8. The number of fused-ring (bicyclic) bond motifs is 1. The quantitative estimate of drug-likeness (QED) is 0.664. The van der Waals surface area contributed by atoms with Crippen LogP contribution in [0, 0.1) is 11.2 Å². The number of benzene rings is 2. The van der Waals surface area contributed by atoms with E-state index in [2.05, 4.69) is 32.3 Å². The minimum absolute atomic E-state index is 0.0264. The molecule has 1 aliphatic heterocycles. The zero-order valence-corrected chi connectivity index (χ0v) is 17.7. The maximum atomic E-state index is 13.6. The van der Waals surface area contributed by atoms with Gasteiger partial charge in [0.1, 0.15) is 11.6 Å². The van der Waals surface area contributed by atoms with Gasteiger partial charge in [0.15, 0.2) is 5.78 Å². The molecule has 152 valence electrons. The number of halogens is 1. The molecule has 0 spiro atoms. The molecule has 0 aromatic heterocycles. The number of likely N-dealkylation sites (N-methyl/N-ethyl adjacent to an activating group) is 1. The van der Waals surface area contributed by atoms with E-state index in [1.807, 2.05) is 25.3 Å². The predicted octanol–water partition coefficient (Wildman–Crippen LogP) is 5.86. The summed E-state index contributed by atoms with van der Waals surface area (Å²) in [5.41, 5.74) is 4.50. The number of aromatic hydroxyl groups is 1. The maximum Gasteiger partial charge on any atom is 0.163 e. The Morgan fingerprint density at radius 3 is 2.55 bits per heavy atom. The third kappa shape index (κ3) is 4.12. The molecule has 0 amide bonds. The number of carbonyl (C=O) groups is 1. The Hall–Kier alpha value is -2.88. The minimum Gasteiger partial charge on any atom is -0.507 e. The average molecular weight is 394 g/mol. The minimum atomic E-state index is -0.309. The fourth-order valence-corrected chi connectivity index (χ4v) is 3.94. The van der Waals surface area contributed by atoms with Crippen molar-refractivity contribution in [2.45, 2.75) is 33.6 Å². The van der Waals surface area contributed by atoms with E-state index in [0.29, 0.717) is 16.7 Å². The summed E-state index contributed by atoms with van der Waals surface area (Å²) in [5.74, 6) is -0.315. The van der Waals surface area contributed by atoms with Gasteiger partial charge < -0.3 is 10.0 Å². The first-order chi connectivity index (χ1) is 13.5. The number of phenols is 1. The lowest BCUT2D eigenvalue weighted by Gasteiger charge is -2.42. The summed E-state index contributed by atoms with van der Waals surface area (Å²) in [6.07, 6.45) is 1.92. The highest BCUT2D eigenvalue weighted by molar-refractivity contribution is 5.98. The molecule has 0 saturated carbocycles. The highest BCUT2D eigenvalue weighted by atomic mass is 19.1. The van der Waals surface area contributed by atoms with Crippen molar-refractivity contribution in [2.24, 2.45) is 5.41 Å². The van der Waals surface area contributed by atoms with Crippen LogP contribution in [0.25, 0.3) is 11.3 Å². The van der Waals surface area contributed by atoms with E-state index in [0.717, 1.165) is 23.4 Å². The Bertz CT molecular complexity index is 1010. The molecule has 2 aromatic rings. The summed E-state index contributed by atoms with van der Waals surface area (Å²) in [7, 11) is 2.00. The van der Waals surface area contributed by atoms with Gasteiger partial charge in [-0.1, -0.05) is 39.5 Å². The molecule has 0 radical (unpaired) electrons. The van der Waals surface area contributed by atoms with Crippen molar-refractivity contribution in [1.82, 2.24) is 4.90 Å². The van der Waals surface area contributed by atoms with Crippen LogP contribution in [0.3, 0.4) is 0 Å². The number of rotatable bonds is 3. The second kappa shape index (κ2) is 7.51. The van der Waals surface area contributed by atoms with Gasteiger partial charge in [0.2, 0.25) is 0 Å². The number of carbonyl (C=O) groups excluding carboxylic acids is 1. The Labute approximate surface area is 172 Å². The molecule has 1 aliphatic rings. The summed E-state index contributed by atoms with van der Waals surface area (Å²) in [6.45, 7) is 12.9. The predicted molar refractivity (Wildman–Crippen MR) is 116 cm³/mol. The highest BCUT2D eigenvalue weighted by Gasteiger charge is 2.35. The first-order valence-corrected chi connectivity index (χ1v) is 9.75. The second-order valence-electron chi connectivity index (χ2n) is 8.88. The molecule has 3 rings (SSSR count). The van der Waals surface area contributed by atoms with Crippen LogP contribution in [0.2, 0.25) is 0 Å². The molecule has 4 heteroatoms. The van der Waals surface area contributed by atoms with Crippen LogP contribution in [0.4, 0.5) is 4.39 Å². The normalized spacial score (nSPS) is 17.9. The van der Waals surface area contributed by atoms with Gasteiger partial charge in [0.25, 0.3) is 0 Å². The van der Waals surface area contributed by atoms with Crippen molar-refractivity contribution < 1.29 is 14.3 Å². The molecular weight excluding hydrogens is 365 g/mol. The molecule has 0 saturated heterocycles. The van der Waals surface area contributed by atoms with Crippen molar-refractivity contribution in [3.05, 3.63) is 77.1 Å². The lowest BCUT2D eigenvalue weighted by atomic mass is 9.71. The lowest BCUT2D eigenvalue weighted by Crippen LogP contribution is -2.36. The molecule has 1 heterocycles. The van der Waals surface area contributed by atoms with Crippen LogP contribution < -0.4 is 0 Å². The number of Topliss-reactive ketones (excluding diaryl/α,β-unsaturated/α-hetero) is 1. The van der Waals surface area contributed by atoms with E-state index in [4.69, 9.17) is 0 Å². The van der Waals surface area contributed by atoms with Crippen molar-refractivity contribution >= 4 is 17.1 Å². The average Bonchev–Trinajstić information content (AvgIpc) is 2.62. The van der Waals surface area contributed by atoms with Crippen LogP contribution in [0.1, 0.15) is 60.7 Å². The summed E-state index contributed by atoms with van der Waals surface area (Å²) >= 11 is 0. The van der Waals surface area contributed by atoms with E-state index in [1.165, 1.54) is 19.1 Å². The van der Waals surface area contributed by atoms with Gasteiger partial charge in [-0.15, -0.1) is 0 Å². The van der Waals surface area contributed by atoms with Crippen molar-refractivity contribution in [1.29, 1.82) is 0 Å². The molecule has 1 N–H and O–H groups in total. The van der Waals surface area contributed by atoms with Crippen LogP contribution in [-0.4, -0.2) is 29.4 Å². The fourth-order valence-electron chi connectivity index (χ4n) is 3.94. The Morgan fingerprint density at radius 1 is 1.28 bits per heavy atom. The molecule has 0 unspecified atom stereocenters. The van der Waals surface area contributed by atoms with Gasteiger partial charge in [-0.05, 0) is 59.4 Å². The maximum absolute atomic E-state index is 13.6. The van der Waals surface area contributed by atoms with Crippen LogP contribution >= 0.6 is 0 Å². The Kier molecular flexibility index (Phi) is 5.40. The number of nitrogens with zero attached hydrogens (tertiary/aromatic N) is 1. The molecule has 3 nitrogen and oxygen atoms in total. The molecule has 1 atom stereocenters. The first-order valence-electron chi connectivity index (χ1n) is 9.75. The van der Waals surface area contributed by atoms with E-state index < -0.39 is 0 Å². The molecule has 0 bridgehead atoms. The number of phenolic OH excluding ortho intramolecular Hbond substituents is 1. The molecular formula is C25H28FNO2. The van der Waals surface area contributed by atoms with Crippen molar-refractivity contribution in [2.75, 3.05) is 13.6 Å². The van der Waals surface area contributed by atoms with E-state index in [9.17, 15) is 14.3 Å². The SMILES string of the molecule is C=C(/C=C1/c2cc(O)c(C(C)=O)cc2[C@H](C(C)(C)C)CN1C)c1cccc(F)c1. The van der Waals surface area contributed by atoms with E-state index >= 15 is 0 Å². The number of allylic oxidation sites excluding steroid dienone is 2. The van der Waals surface area contributed by atoms with Crippen LogP contribution in [0.15, 0.2) is 49.1 Å². The number of hydrogen-bond donors (Lipinski definition) is 1. The van der Waals surface area contributed by atoms with Crippen molar-refractivity contribution in [3.63, 3.8) is 0 Å². The Morgan fingerprint density at radius 2 is 1.97 bits per heavy atom. The van der Waals surface area contributed by atoms with E-state index in [1.54, 1.807) is 12.1 Å². The topological polar surface area (TPSA) is 40.5 Å². The number of hydrogen-bond acceptors (Lipinski definition) is 3.